The molecule has 2 rings (SSSR count). The predicted octanol–water partition coefficient (Wildman–Crippen LogP) is 2.98. The number of aromatic amines is 1. The van der Waals surface area contributed by atoms with Crippen molar-refractivity contribution in [1.82, 2.24) is 14.8 Å². The Bertz CT molecular complexity index is 609. The monoisotopic (exact) mass is 303 g/mol. The zero-order chi connectivity index (χ0) is 13.1. The molecular weight excluding hydrogens is 293 g/mol. The molecule has 18 heavy (non-hydrogen) atoms. The van der Waals surface area contributed by atoms with Crippen LogP contribution in [0.3, 0.4) is 0 Å². The lowest BCUT2D eigenvalue weighted by atomic mass is 10.1. The minimum Gasteiger partial charge on any atom is -0.388 e. The van der Waals surface area contributed by atoms with E-state index in [4.69, 9.17) is 40.5 Å². The third kappa shape index (κ3) is 2.92. The number of aromatic nitrogens is 3. The first-order valence-electron chi connectivity index (χ1n) is 5.30. The summed E-state index contributed by atoms with van der Waals surface area (Å²) >= 11 is 17.0. The zero-order valence-corrected chi connectivity index (χ0v) is 11.7. The Balaban J connectivity index is 2.16. The second-order valence-electron chi connectivity index (χ2n) is 3.74. The molecule has 1 aromatic carbocycles. The molecular formula is C11H11Cl2N3OS. The Morgan fingerprint density at radius 1 is 1.39 bits per heavy atom. The minimum atomic E-state index is -0.151. The van der Waals surface area contributed by atoms with Gasteiger partial charge in [0, 0.05) is 16.6 Å². The minimum absolute atomic E-state index is 0.151. The molecule has 1 heterocycles. The summed E-state index contributed by atoms with van der Waals surface area (Å²) in [5.74, 6) is 0.519. The largest absolute Gasteiger partial charge is 0.388 e. The summed E-state index contributed by atoms with van der Waals surface area (Å²) in [5, 5.41) is 16.9. The van der Waals surface area contributed by atoms with Crippen molar-refractivity contribution in [2.24, 2.45) is 0 Å². The maximum Gasteiger partial charge on any atom is 0.195 e. The molecule has 1 aromatic heterocycles. The Hall–Kier alpha value is -0.880. The number of hydrogen-bond acceptors (Lipinski definition) is 3. The molecule has 4 nitrogen and oxygen atoms in total. The van der Waals surface area contributed by atoms with Crippen molar-refractivity contribution >= 4 is 35.4 Å². The van der Waals surface area contributed by atoms with E-state index in [2.05, 4.69) is 10.2 Å². The highest BCUT2D eigenvalue weighted by atomic mass is 35.5. The summed E-state index contributed by atoms with van der Waals surface area (Å²) in [7, 11) is 0. The standard InChI is InChI=1S/C11H11Cl2N3OS/c12-8-2-1-7(9(13)5-8)3-4-16-10(6-17)14-15-11(16)18/h1-2,5,17H,3-4,6H2,(H,15,18). The van der Waals surface area contributed by atoms with Crippen LogP contribution in [-0.2, 0) is 19.6 Å². The highest BCUT2D eigenvalue weighted by Gasteiger charge is 2.06. The van der Waals surface area contributed by atoms with Crippen molar-refractivity contribution in [3.63, 3.8) is 0 Å². The third-order valence-corrected chi connectivity index (χ3v) is 3.50. The van der Waals surface area contributed by atoms with Crippen molar-refractivity contribution in [3.05, 3.63) is 44.4 Å². The Morgan fingerprint density at radius 3 is 2.83 bits per heavy atom. The molecule has 96 valence electrons. The summed E-state index contributed by atoms with van der Waals surface area (Å²) in [6.45, 7) is 0.452. The molecule has 0 atom stereocenters. The van der Waals surface area contributed by atoms with E-state index in [1.807, 2.05) is 6.07 Å². The number of nitrogens with zero attached hydrogens (tertiary/aromatic N) is 2. The van der Waals surface area contributed by atoms with Crippen LogP contribution >= 0.6 is 35.4 Å². The SMILES string of the molecule is OCc1n[nH]c(=S)n1CCc1ccc(Cl)cc1Cl. The van der Waals surface area contributed by atoms with E-state index in [0.29, 0.717) is 33.6 Å². The van der Waals surface area contributed by atoms with Gasteiger partial charge in [-0.1, -0.05) is 29.3 Å². The molecule has 0 fully saturated rings. The van der Waals surface area contributed by atoms with E-state index in [0.717, 1.165) is 5.56 Å². The van der Waals surface area contributed by atoms with Crippen molar-refractivity contribution in [1.29, 1.82) is 0 Å². The van der Waals surface area contributed by atoms with Crippen molar-refractivity contribution in [2.45, 2.75) is 19.6 Å². The first-order chi connectivity index (χ1) is 8.61. The maximum absolute atomic E-state index is 9.13. The van der Waals surface area contributed by atoms with Gasteiger partial charge in [-0.05, 0) is 36.3 Å². The summed E-state index contributed by atoms with van der Waals surface area (Å²) < 4.78 is 2.24. The van der Waals surface area contributed by atoms with Gasteiger partial charge in [0.1, 0.15) is 6.61 Å². The van der Waals surface area contributed by atoms with E-state index in [-0.39, 0.29) is 6.61 Å². The average Bonchev–Trinajstić information content (AvgIpc) is 2.69. The molecule has 2 N–H and O–H groups in total. The second-order valence-corrected chi connectivity index (χ2v) is 4.97. The lowest BCUT2D eigenvalue weighted by molar-refractivity contribution is 0.264. The van der Waals surface area contributed by atoms with Gasteiger partial charge in [0.05, 0.1) is 0 Å². The molecule has 0 radical (unpaired) electrons. The number of nitrogens with one attached hydrogen (secondary N) is 1. The topological polar surface area (TPSA) is 53.8 Å². The fraction of sp³-hybridized carbons (Fsp3) is 0.273. The van der Waals surface area contributed by atoms with Crippen LogP contribution in [0, 0.1) is 4.77 Å². The quantitative estimate of drug-likeness (QED) is 0.854. The van der Waals surface area contributed by atoms with E-state index in [1.54, 1.807) is 16.7 Å². The van der Waals surface area contributed by atoms with E-state index in [9.17, 15) is 0 Å². The Morgan fingerprint density at radius 2 is 2.17 bits per heavy atom. The molecule has 0 saturated heterocycles. The van der Waals surface area contributed by atoms with Crippen LogP contribution in [0.1, 0.15) is 11.4 Å². The van der Waals surface area contributed by atoms with Gasteiger partial charge >= 0.3 is 0 Å². The fourth-order valence-corrected chi connectivity index (χ4v) is 2.40. The van der Waals surface area contributed by atoms with E-state index < -0.39 is 0 Å². The lowest BCUT2D eigenvalue weighted by Gasteiger charge is -2.07. The van der Waals surface area contributed by atoms with Crippen molar-refractivity contribution in [3.8, 4) is 0 Å². The number of halogens is 2. The first-order valence-corrected chi connectivity index (χ1v) is 6.47. The van der Waals surface area contributed by atoms with Gasteiger partial charge in [0.15, 0.2) is 10.6 Å². The molecule has 0 unspecified atom stereocenters. The number of aliphatic hydroxyl groups is 1. The molecule has 2 aromatic rings. The molecule has 0 amide bonds. The van der Waals surface area contributed by atoms with Crippen LogP contribution in [0.5, 0.6) is 0 Å². The van der Waals surface area contributed by atoms with Gasteiger partial charge in [-0.3, -0.25) is 5.10 Å². The van der Waals surface area contributed by atoms with Crippen molar-refractivity contribution in [2.75, 3.05) is 0 Å². The predicted molar refractivity (Wildman–Crippen MR) is 73.5 cm³/mol. The molecule has 0 saturated carbocycles. The van der Waals surface area contributed by atoms with Crippen LogP contribution in [0.25, 0.3) is 0 Å². The highest BCUT2D eigenvalue weighted by molar-refractivity contribution is 7.71. The van der Waals surface area contributed by atoms with Gasteiger partial charge in [-0.25, -0.2) is 0 Å². The van der Waals surface area contributed by atoms with Crippen LogP contribution in [-0.4, -0.2) is 19.9 Å². The summed E-state index contributed by atoms with van der Waals surface area (Å²) in [6.07, 6.45) is 0.691. The number of hydrogen-bond donors (Lipinski definition) is 2. The Kier molecular flexibility index (Phi) is 4.40. The highest BCUT2D eigenvalue weighted by Crippen LogP contribution is 2.21. The maximum atomic E-state index is 9.13. The van der Waals surface area contributed by atoms with Crippen LogP contribution in [0.2, 0.25) is 10.0 Å². The van der Waals surface area contributed by atoms with E-state index in [1.165, 1.54) is 0 Å². The molecule has 7 heteroatoms. The fourth-order valence-electron chi connectivity index (χ4n) is 1.66. The first kappa shape index (κ1) is 13.5. The van der Waals surface area contributed by atoms with Gasteiger partial charge in [0.2, 0.25) is 0 Å². The van der Waals surface area contributed by atoms with Gasteiger partial charge in [0.25, 0.3) is 0 Å². The number of aliphatic hydroxyl groups excluding tert-OH is 1. The number of benzene rings is 1. The molecule has 0 spiro atoms. The third-order valence-electron chi connectivity index (χ3n) is 2.60. The van der Waals surface area contributed by atoms with Gasteiger partial charge in [-0.2, -0.15) is 5.10 Å². The number of aryl methyl sites for hydroxylation is 1. The lowest BCUT2D eigenvalue weighted by Crippen LogP contribution is -2.06. The Labute approximate surface area is 119 Å². The molecule has 0 aliphatic heterocycles. The summed E-state index contributed by atoms with van der Waals surface area (Å²) in [4.78, 5) is 0. The van der Waals surface area contributed by atoms with E-state index >= 15 is 0 Å². The van der Waals surface area contributed by atoms with Crippen molar-refractivity contribution < 1.29 is 5.11 Å². The average molecular weight is 304 g/mol. The zero-order valence-electron chi connectivity index (χ0n) is 9.36. The van der Waals surface area contributed by atoms with Crippen LogP contribution in [0.15, 0.2) is 18.2 Å². The normalized spacial score (nSPS) is 10.8. The van der Waals surface area contributed by atoms with Crippen LogP contribution in [0.4, 0.5) is 0 Å². The van der Waals surface area contributed by atoms with Crippen LogP contribution < -0.4 is 0 Å². The molecule has 0 aliphatic carbocycles. The molecule has 0 aliphatic rings. The van der Waals surface area contributed by atoms with Gasteiger partial charge < -0.3 is 9.67 Å². The number of rotatable bonds is 4. The summed E-state index contributed by atoms with van der Waals surface area (Å²) in [5.41, 5.74) is 0.980. The molecule has 0 bridgehead atoms. The number of H-pyrrole nitrogens is 1. The smallest absolute Gasteiger partial charge is 0.195 e. The second kappa shape index (κ2) is 5.84. The summed E-state index contributed by atoms with van der Waals surface area (Å²) in [6, 6.07) is 5.39. The van der Waals surface area contributed by atoms with Gasteiger partial charge in [-0.15, -0.1) is 0 Å².